The van der Waals surface area contributed by atoms with Crippen molar-refractivity contribution in [2.75, 3.05) is 0 Å². The number of hydrogen-bond donors (Lipinski definition) is 2. The van der Waals surface area contributed by atoms with Gasteiger partial charge in [-0.2, -0.15) is 13.2 Å². The summed E-state index contributed by atoms with van der Waals surface area (Å²) in [6.45, 7) is 0. The average molecular weight is 222 g/mol. The van der Waals surface area contributed by atoms with Crippen LogP contribution in [0.5, 0.6) is 0 Å². The number of hydrazine groups is 1. The SMILES string of the molecule is NNC(CCC(F)(F)F)C1=CCCCC1. The maximum atomic E-state index is 12.0. The number of nitrogens with one attached hydrogen (secondary N) is 1. The molecule has 3 N–H and O–H groups in total. The van der Waals surface area contributed by atoms with Crippen molar-refractivity contribution in [2.45, 2.75) is 50.7 Å². The van der Waals surface area contributed by atoms with Crippen LogP contribution in [-0.4, -0.2) is 12.2 Å². The number of halogens is 3. The van der Waals surface area contributed by atoms with E-state index >= 15 is 0 Å². The summed E-state index contributed by atoms with van der Waals surface area (Å²) in [6.07, 6.45) is 1.18. The summed E-state index contributed by atoms with van der Waals surface area (Å²) in [7, 11) is 0. The Morgan fingerprint density at radius 1 is 1.40 bits per heavy atom. The van der Waals surface area contributed by atoms with Crippen molar-refractivity contribution in [3.63, 3.8) is 0 Å². The van der Waals surface area contributed by atoms with Gasteiger partial charge >= 0.3 is 6.18 Å². The topological polar surface area (TPSA) is 38.0 Å². The van der Waals surface area contributed by atoms with Crippen LogP contribution < -0.4 is 11.3 Å². The summed E-state index contributed by atoms with van der Waals surface area (Å²) >= 11 is 0. The van der Waals surface area contributed by atoms with Crippen molar-refractivity contribution in [1.82, 2.24) is 5.43 Å². The number of rotatable bonds is 4. The molecule has 0 radical (unpaired) electrons. The molecule has 0 aromatic carbocycles. The van der Waals surface area contributed by atoms with Gasteiger partial charge in [0.2, 0.25) is 0 Å². The van der Waals surface area contributed by atoms with E-state index in [9.17, 15) is 13.2 Å². The van der Waals surface area contributed by atoms with Crippen LogP contribution in [0.4, 0.5) is 13.2 Å². The number of nitrogens with two attached hydrogens (primary N) is 1. The van der Waals surface area contributed by atoms with E-state index in [1.165, 1.54) is 0 Å². The van der Waals surface area contributed by atoms with Crippen molar-refractivity contribution in [3.8, 4) is 0 Å². The molecule has 0 heterocycles. The molecule has 15 heavy (non-hydrogen) atoms. The van der Waals surface area contributed by atoms with Crippen LogP contribution in [0.1, 0.15) is 38.5 Å². The van der Waals surface area contributed by atoms with Crippen LogP contribution in [0.2, 0.25) is 0 Å². The molecule has 0 amide bonds. The third-order valence-corrected chi connectivity index (χ3v) is 2.69. The lowest BCUT2D eigenvalue weighted by molar-refractivity contribution is -0.136. The minimum atomic E-state index is -4.09. The normalized spacial score (nSPS) is 19.9. The first-order chi connectivity index (χ1) is 7.03. The quantitative estimate of drug-likeness (QED) is 0.436. The molecule has 5 heteroatoms. The van der Waals surface area contributed by atoms with E-state index in [-0.39, 0.29) is 12.5 Å². The van der Waals surface area contributed by atoms with E-state index in [1.54, 1.807) is 0 Å². The molecule has 88 valence electrons. The summed E-state index contributed by atoms with van der Waals surface area (Å²) in [4.78, 5) is 0. The largest absolute Gasteiger partial charge is 0.389 e. The van der Waals surface area contributed by atoms with E-state index in [1.807, 2.05) is 6.08 Å². The second-order valence-electron chi connectivity index (χ2n) is 3.90. The van der Waals surface area contributed by atoms with Crippen molar-refractivity contribution < 1.29 is 13.2 Å². The first-order valence-electron chi connectivity index (χ1n) is 5.25. The van der Waals surface area contributed by atoms with Crippen molar-refractivity contribution in [2.24, 2.45) is 5.84 Å². The van der Waals surface area contributed by atoms with Crippen LogP contribution in [-0.2, 0) is 0 Å². The Balaban J connectivity index is 2.44. The van der Waals surface area contributed by atoms with Crippen LogP contribution in [0.15, 0.2) is 11.6 Å². The molecule has 1 aliphatic rings. The van der Waals surface area contributed by atoms with Gasteiger partial charge in [0.1, 0.15) is 0 Å². The highest BCUT2D eigenvalue weighted by atomic mass is 19.4. The molecule has 0 spiro atoms. The van der Waals surface area contributed by atoms with Gasteiger partial charge in [0.25, 0.3) is 0 Å². The first kappa shape index (κ1) is 12.5. The molecular weight excluding hydrogens is 205 g/mol. The Kier molecular flexibility index (Phi) is 4.60. The predicted octanol–water partition coefficient (Wildman–Crippen LogP) is 2.66. The number of hydrogen-bond acceptors (Lipinski definition) is 2. The van der Waals surface area contributed by atoms with E-state index < -0.39 is 12.6 Å². The highest BCUT2D eigenvalue weighted by Gasteiger charge is 2.29. The molecular formula is C10H17F3N2. The first-order valence-corrected chi connectivity index (χ1v) is 5.25. The fourth-order valence-electron chi connectivity index (χ4n) is 1.86. The van der Waals surface area contributed by atoms with E-state index in [0.717, 1.165) is 31.3 Å². The van der Waals surface area contributed by atoms with E-state index in [4.69, 9.17) is 5.84 Å². The molecule has 0 bridgehead atoms. The van der Waals surface area contributed by atoms with E-state index in [0.29, 0.717) is 0 Å². The maximum absolute atomic E-state index is 12.0. The predicted molar refractivity (Wildman–Crippen MR) is 53.0 cm³/mol. The minimum Gasteiger partial charge on any atom is -0.271 e. The molecule has 0 saturated carbocycles. The van der Waals surface area contributed by atoms with Crippen LogP contribution >= 0.6 is 0 Å². The number of alkyl halides is 3. The maximum Gasteiger partial charge on any atom is 0.389 e. The van der Waals surface area contributed by atoms with Crippen molar-refractivity contribution >= 4 is 0 Å². The molecule has 1 unspecified atom stereocenters. The summed E-state index contributed by atoms with van der Waals surface area (Å²) in [5.74, 6) is 5.27. The molecule has 0 aromatic rings. The molecule has 0 aromatic heterocycles. The van der Waals surface area contributed by atoms with Crippen molar-refractivity contribution in [1.29, 1.82) is 0 Å². The Hall–Kier alpha value is -0.550. The monoisotopic (exact) mass is 222 g/mol. The second-order valence-corrected chi connectivity index (χ2v) is 3.90. The average Bonchev–Trinajstić information content (AvgIpc) is 2.19. The van der Waals surface area contributed by atoms with Crippen LogP contribution in [0, 0.1) is 0 Å². The number of allylic oxidation sites excluding steroid dienone is 1. The summed E-state index contributed by atoms with van der Waals surface area (Å²) in [5.41, 5.74) is 3.51. The lowest BCUT2D eigenvalue weighted by Gasteiger charge is -2.23. The van der Waals surface area contributed by atoms with E-state index in [2.05, 4.69) is 5.43 Å². The Bertz CT molecular complexity index is 223. The zero-order valence-electron chi connectivity index (χ0n) is 8.61. The molecule has 1 aliphatic carbocycles. The third kappa shape index (κ3) is 4.66. The van der Waals surface area contributed by atoms with Gasteiger partial charge in [0, 0.05) is 12.5 Å². The Morgan fingerprint density at radius 2 is 2.13 bits per heavy atom. The molecule has 0 aliphatic heterocycles. The van der Waals surface area contributed by atoms with Gasteiger partial charge in [-0.25, -0.2) is 0 Å². The fraction of sp³-hybridized carbons (Fsp3) is 0.800. The molecule has 2 nitrogen and oxygen atoms in total. The third-order valence-electron chi connectivity index (χ3n) is 2.69. The van der Waals surface area contributed by atoms with Gasteiger partial charge in [-0.05, 0) is 32.1 Å². The lowest BCUT2D eigenvalue weighted by Crippen LogP contribution is -2.37. The summed E-state index contributed by atoms with van der Waals surface area (Å²) in [6, 6.07) is -0.313. The van der Waals surface area contributed by atoms with Gasteiger partial charge in [0.15, 0.2) is 0 Å². The van der Waals surface area contributed by atoms with Crippen LogP contribution in [0.3, 0.4) is 0 Å². The molecule has 1 atom stereocenters. The second kappa shape index (κ2) is 5.51. The highest BCUT2D eigenvalue weighted by molar-refractivity contribution is 5.12. The van der Waals surface area contributed by atoms with Gasteiger partial charge in [0.05, 0.1) is 0 Å². The zero-order valence-corrected chi connectivity index (χ0v) is 8.61. The standard InChI is InChI=1S/C10H17F3N2/c11-10(12,13)7-6-9(15-14)8-4-2-1-3-5-8/h4,9,15H,1-3,5-7,14H2. The van der Waals surface area contributed by atoms with Gasteiger partial charge in [-0.1, -0.05) is 11.6 Å². The molecule has 1 rings (SSSR count). The fourth-order valence-corrected chi connectivity index (χ4v) is 1.86. The Labute approximate surface area is 87.7 Å². The van der Waals surface area contributed by atoms with Gasteiger partial charge in [-0.3, -0.25) is 11.3 Å². The lowest BCUT2D eigenvalue weighted by atomic mass is 9.92. The zero-order chi connectivity index (χ0) is 11.3. The van der Waals surface area contributed by atoms with Crippen LogP contribution in [0.25, 0.3) is 0 Å². The minimum absolute atomic E-state index is 0.0336. The Morgan fingerprint density at radius 3 is 2.60 bits per heavy atom. The van der Waals surface area contributed by atoms with Gasteiger partial charge in [-0.15, -0.1) is 0 Å². The summed E-state index contributed by atoms with van der Waals surface area (Å²) in [5, 5.41) is 0. The van der Waals surface area contributed by atoms with Crippen molar-refractivity contribution in [3.05, 3.63) is 11.6 Å². The summed E-state index contributed by atoms with van der Waals surface area (Å²) < 4.78 is 36.1. The highest BCUT2D eigenvalue weighted by Crippen LogP contribution is 2.27. The van der Waals surface area contributed by atoms with Gasteiger partial charge < -0.3 is 0 Å². The molecule has 0 saturated heterocycles. The smallest absolute Gasteiger partial charge is 0.271 e. The molecule has 0 fully saturated rings.